The Hall–Kier alpha value is -1.43. The van der Waals surface area contributed by atoms with E-state index in [1.807, 2.05) is 0 Å². The second kappa shape index (κ2) is 5.60. The lowest BCUT2D eigenvalue weighted by Gasteiger charge is -2.15. The average molecular weight is 287 g/mol. The van der Waals surface area contributed by atoms with Crippen molar-refractivity contribution in [2.24, 2.45) is 0 Å². The van der Waals surface area contributed by atoms with Gasteiger partial charge in [0.15, 0.2) is 0 Å². The Labute approximate surface area is 101 Å². The van der Waals surface area contributed by atoms with Gasteiger partial charge >= 0.3 is 5.97 Å². The van der Waals surface area contributed by atoms with Crippen LogP contribution in [0.2, 0.25) is 0 Å². The lowest BCUT2D eigenvalue weighted by molar-refractivity contribution is -0.137. The number of nitrogens with one attached hydrogen (secondary N) is 1. The van der Waals surface area contributed by atoms with E-state index in [0.717, 1.165) is 4.47 Å². The molecule has 1 atom stereocenters. The molecule has 0 saturated carbocycles. The standard InChI is InChI=1S/C10H11BrN2O3/c1-6(14)13-9(3-10(15)16)7-2-8(11)5-12-4-7/h2,4-5,9H,3H2,1H3,(H,13,14)(H,15,16)/t9-/m0/s1. The molecule has 0 aliphatic carbocycles. The molecule has 5 nitrogen and oxygen atoms in total. The predicted octanol–water partition coefficient (Wildman–Crippen LogP) is 1.50. The first-order valence-electron chi connectivity index (χ1n) is 4.58. The maximum absolute atomic E-state index is 11.0. The Balaban J connectivity index is 2.90. The van der Waals surface area contributed by atoms with Crippen molar-refractivity contribution in [2.75, 3.05) is 0 Å². The van der Waals surface area contributed by atoms with Gasteiger partial charge in [-0.2, -0.15) is 0 Å². The molecule has 0 fully saturated rings. The number of carbonyl (C=O) groups excluding carboxylic acids is 1. The summed E-state index contributed by atoms with van der Waals surface area (Å²) in [6.45, 7) is 1.35. The van der Waals surface area contributed by atoms with Crippen LogP contribution in [0.4, 0.5) is 0 Å². The molecule has 86 valence electrons. The van der Waals surface area contributed by atoms with Crippen LogP contribution in [0.3, 0.4) is 0 Å². The Bertz CT molecular complexity index is 393. The highest BCUT2D eigenvalue weighted by atomic mass is 79.9. The number of pyridine rings is 1. The summed E-state index contributed by atoms with van der Waals surface area (Å²) in [5.41, 5.74) is 0.659. The van der Waals surface area contributed by atoms with Crippen LogP contribution in [-0.4, -0.2) is 22.0 Å². The van der Waals surface area contributed by atoms with Crippen LogP contribution in [0.25, 0.3) is 0 Å². The fourth-order valence-electron chi connectivity index (χ4n) is 1.29. The number of rotatable bonds is 4. The van der Waals surface area contributed by atoms with Crippen molar-refractivity contribution in [3.63, 3.8) is 0 Å². The molecule has 1 amide bonds. The van der Waals surface area contributed by atoms with Crippen LogP contribution in [0.5, 0.6) is 0 Å². The molecule has 0 aliphatic heterocycles. The molecule has 16 heavy (non-hydrogen) atoms. The molecule has 0 unspecified atom stereocenters. The molecule has 0 saturated heterocycles. The quantitative estimate of drug-likeness (QED) is 0.879. The van der Waals surface area contributed by atoms with E-state index in [1.54, 1.807) is 12.3 Å². The van der Waals surface area contributed by atoms with E-state index in [4.69, 9.17) is 5.11 Å². The molecule has 1 aromatic heterocycles. The van der Waals surface area contributed by atoms with Crippen LogP contribution in [-0.2, 0) is 9.59 Å². The van der Waals surface area contributed by atoms with Crippen molar-refractivity contribution >= 4 is 27.8 Å². The Kier molecular flexibility index (Phi) is 4.42. The van der Waals surface area contributed by atoms with Crippen LogP contribution in [0, 0.1) is 0 Å². The summed E-state index contributed by atoms with van der Waals surface area (Å²) in [6, 6.07) is 1.18. The number of carboxylic acid groups (broad SMARTS) is 1. The topological polar surface area (TPSA) is 79.3 Å². The Morgan fingerprint density at radius 1 is 1.56 bits per heavy atom. The minimum Gasteiger partial charge on any atom is -0.481 e. The van der Waals surface area contributed by atoms with Gasteiger partial charge < -0.3 is 10.4 Å². The van der Waals surface area contributed by atoms with Crippen LogP contribution < -0.4 is 5.32 Å². The fraction of sp³-hybridized carbons (Fsp3) is 0.300. The summed E-state index contributed by atoms with van der Waals surface area (Å²) in [4.78, 5) is 25.6. The first kappa shape index (κ1) is 12.6. The number of aliphatic carboxylic acids is 1. The Morgan fingerprint density at radius 2 is 2.25 bits per heavy atom. The van der Waals surface area contributed by atoms with Gasteiger partial charge in [0.25, 0.3) is 0 Å². The lowest BCUT2D eigenvalue weighted by Crippen LogP contribution is -2.28. The van der Waals surface area contributed by atoms with Crippen LogP contribution >= 0.6 is 15.9 Å². The first-order chi connectivity index (χ1) is 7.49. The Morgan fingerprint density at radius 3 is 2.75 bits per heavy atom. The van der Waals surface area contributed by atoms with Gasteiger partial charge in [0.1, 0.15) is 0 Å². The normalized spacial score (nSPS) is 11.9. The van der Waals surface area contributed by atoms with Gasteiger partial charge in [-0.25, -0.2) is 0 Å². The van der Waals surface area contributed by atoms with E-state index in [9.17, 15) is 9.59 Å². The van der Waals surface area contributed by atoms with E-state index in [0.29, 0.717) is 5.56 Å². The summed E-state index contributed by atoms with van der Waals surface area (Å²) in [5.74, 6) is -1.25. The minimum atomic E-state index is -0.973. The number of amides is 1. The number of nitrogens with zero attached hydrogens (tertiary/aromatic N) is 1. The van der Waals surface area contributed by atoms with E-state index in [2.05, 4.69) is 26.2 Å². The number of halogens is 1. The molecular weight excluding hydrogens is 276 g/mol. The molecular formula is C10H11BrN2O3. The molecule has 0 bridgehead atoms. The zero-order valence-electron chi connectivity index (χ0n) is 8.61. The summed E-state index contributed by atoms with van der Waals surface area (Å²) < 4.78 is 0.741. The third kappa shape index (κ3) is 3.98. The van der Waals surface area contributed by atoms with Crippen molar-refractivity contribution in [1.29, 1.82) is 0 Å². The third-order valence-electron chi connectivity index (χ3n) is 1.88. The highest BCUT2D eigenvalue weighted by molar-refractivity contribution is 9.10. The van der Waals surface area contributed by atoms with Crippen molar-refractivity contribution < 1.29 is 14.7 Å². The maximum atomic E-state index is 11.0. The number of hydrogen-bond donors (Lipinski definition) is 2. The number of carbonyl (C=O) groups is 2. The van der Waals surface area contributed by atoms with E-state index in [-0.39, 0.29) is 12.3 Å². The largest absolute Gasteiger partial charge is 0.481 e. The summed E-state index contributed by atoms with van der Waals surface area (Å²) >= 11 is 3.24. The van der Waals surface area contributed by atoms with E-state index < -0.39 is 12.0 Å². The maximum Gasteiger partial charge on any atom is 0.305 e. The van der Waals surface area contributed by atoms with Gasteiger partial charge in [0, 0.05) is 23.8 Å². The second-order valence-corrected chi connectivity index (χ2v) is 4.20. The molecule has 1 heterocycles. The van der Waals surface area contributed by atoms with Gasteiger partial charge in [-0.15, -0.1) is 0 Å². The lowest BCUT2D eigenvalue weighted by atomic mass is 10.1. The number of hydrogen-bond acceptors (Lipinski definition) is 3. The number of aromatic nitrogens is 1. The van der Waals surface area contributed by atoms with Crippen LogP contribution in [0.15, 0.2) is 22.9 Å². The zero-order valence-corrected chi connectivity index (χ0v) is 10.2. The molecule has 0 aliphatic rings. The van der Waals surface area contributed by atoms with Crippen molar-refractivity contribution in [3.8, 4) is 0 Å². The summed E-state index contributed by atoms with van der Waals surface area (Å²) in [5, 5.41) is 11.3. The zero-order chi connectivity index (χ0) is 12.1. The van der Waals surface area contributed by atoms with Crippen LogP contribution in [0.1, 0.15) is 24.9 Å². The van der Waals surface area contributed by atoms with E-state index >= 15 is 0 Å². The van der Waals surface area contributed by atoms with Crippen molar-refractivity contribution in [2.45, 2.75) is 19.4 Å². The monoisotopic (exact) mass is 286 g/mol. The highest BCUT2D eigenvalue weighted by Gasteiger charge is 2.16. The summed E-state index contributed by atoms with van der Waals surface area (Å²) in [7, 11) is 0. The van der Waals surface area contributed by atoms with Gasteiger partial charge in [0.2, 0.25) is 5.91 Å². The van der Waals surface area contributed by atoms with Gasteiger partial charge in [-0.3, -0.25) is 14.6 Å². The summed E-state index contributed by atoms with van der Waals surface area (Å²) in [6.07, 6.45) is 2.96. The predicted molar refractivity (Wildman–Crippen MR) is 60.7 cm³/mol. The van der Waals surface area contributed by atoms with Gasteiger partial charge in [-0.1, -0.05) is 0 Å². The highest BCUT2D eigenvalue weighted by Crippen LogP contribution is 2.19. The second-order valence-electron chi connectivity index (χ2n) is 3.29. The van der Waals surface area contributed by atoms with E-state index in [1.165, 1.54) is 13.1 Å². The third-order valence-corrected chi connectivity index (χ3v) is 2.32. The SMILES string of the molecule is CC(=O)N[C@@H](CC(=O)O)c1cncc(Br)c1. The van der Waals surface area contributed by atoms with Gasteiger partial charge in [0.05, 0.1) is 12.5 Å². The minimum absolute atomic E-state index is 0.169. The average Bonchev–Trinajstić information content (AvgIpc) is 2.15. The molecule has 0 spiro atoms. The smallest absolute Gasteiger partial charge is 0.305 e. The molecule has 6 heteroatoms. The number of carboxylic acids is 1. The van der Waals surface area contributed by atoms with Gasteiger partial charge in [-0.05, 0) is 27.6 Å². The van der Waals surface area contributed by atoms with Crippen molar-refractivity contribution in [1.82, 2.24) is 10.3 Å². The fourth-order valence-corrected chi connectivity index (χ4v) is 1.67. The molecule has 2 N–H and O–H groups in total. The molecule has 1 aromatic rings. The molecule has 0 aromatic carbocycles. The first-order valence-corrected chi connectivity index (χ1v) is 5.37. The van der Waals surface area contributed by atoms with Crippen molar-refractivity contribution in [3.05, 3.63) is 28.5 Å². The molecule has 0 radical (unpaired) electrons. The molecule has 1 rings (SSSR count).